The molecule has 1 atom stereocenters. The molecule has 9 nitrogen and oxygen atoms in total. The first-order valence-corrected chi connectivity index (χ1v) is 14.2. The standard InChI is InChI=1S/C23H29ClFN5O4Si/c1-23(2,3)35(4,5)33-14-16(28-22(31)32)13-30-9-8-20(29-30)19-7-6-17(12-26-19)34-21-18(25)10-15(24)11-27-21/h6-12,16,28H,13-14H2,1-5H3,(H,31,32). The van der Waals surface area contributed by atoms with Crippen molar-refractivity contribution in [1.29, 1.82) is 0 Å². The van der Waals surface area contributed by atoms with E-state index in [9.17, 15) is 14.3 Å². The number of carboxylic acid groups (broad SMARTS) is 1. The Hall–Kier alpha value is -3.02. The van der Waals surface area contributed by atoms with Crippen LogP contribution in [0.15, 0.2) is 42.9 Å². The maximum absolute atomic E-state index is 13.9. The molecular formula is C23H29ClFN5O4Si. The summed E-state index contributed by atoms with van der Waals surface area (Å²) in [6.07, 6.45) is 3.35. The van der Waals surface area contributed by atoms with Gasteiger partial charge in [-0.2, -0.15) is 5.10 Å². The number of halogens is 2. The van der Waals surface area contributed by atoms with Gasteiger partial charge < -0.3 is 19.6 Å². The van der Waals surface area contributed by atoms with Crippen LogP contribution in [0.3, 0.4) is 0 Å². The van der Waals surface area contributed by atoms with Crippen LogP contribution in [-0.2, 0) is 11.0 Å². The van der Waals surface area contributed by atoms with Crippen LogP contribution in [-0.4, -0.2) is 51.9 Å². The molecular weight excluding hydrogens is 493 g/mol. The van der Waals surface area contributed by atoms with Crippen LogP contribution in [0, 0.1) is 5.82 Å². The fourth-order valence-electron chi connectivity index (χ4n) is 2.85. The molecule has 3 aromatic heterocycles. The van der Waals surface area contributed by atoms with Gasteiger partial charge in [-0.25, -0.2) is 14.2 Å². The zero-order valence-corrected chi connectivity index (χ0v) is 22.0. The highest BCUT2D eigenvalue weighted by Gasteiger charge is 2.37. The number of pyridine rings is 2. The number of rotatable bonds is 9. The van der Waals surface area contributed by atoms with E-state index >= 15 is 0 Å². The largest absolute Gasteiger partial charge is 0.465 e. The van der Waals surface area contributed by atoms with Gasteiger partial charge in [-0.1, -0.05) is 32.4 Å². The Kier molecular flexibility index (Phi) is 8.13. The van der Waals surface area contributed by atoms with Gasteiger partial charge in [0.25, 0.3) is 5.88 Å². The topological polar surface area (TPSA) is 111 Å². The van der Waals surface area contributed by atoms with Gasteiger partial charge in [0.1, 0.15) is 11.4 Å². The van der Waals surface area contributed by atoms with Crippen LogP contribution < -0.4 is 10.1 Å². The summed E-state index contributed by atoms with van der Waals surface area (Å²) in [6, 6.07) is 5.72. The molecule has 0 radical (unpaired) electrons. The molecule has 3 heterocycles. The van der Waals surface area contributed by atoms with Crippen molar-refractivity contribution in [2.24, 2.45) is 0 Å². The van der Waals surface area contributed by atoms with E-state index in [1.165, 1.54) is 12.4 Å². The maximum atomic E-state index is 13.9. The summed E-state index contributed by atoms with van der Waals surface area (Å²) in [5.41, 5.74) is 1.16. The van der Waals surface area contributed by atoms with Gasteiger partial charge in [-0.3, -0.25) is 9.67 Å². The molecule has 3 rings (SSSR count). The van der Waals surface area contributed by atoms with Crippen molar-refractivity contribution in [1.82, 2.24) is 25.1 Å². The van der Waals surface area contributed by atoms with Gasteiger partial charge in [0, 0.05) is 12.4 Å². The van der Waals surface area contributed by atoms with E-state index in [2.05, 4.69) is 54.2 Å². The predicted molar refractivity (Wildman–Crippen MR) is 133 cm³/mol. The Morgan fingerprint density at radius 1 is 1.23 bits per heavy atom. The van der Waals surface area contributed by atoms with Crippen LogP contribution in [0.5, 0.6) is 11.6 Å². The van der Waals surface area contributed by atoms with Crippen molar-refractivity contribution in [2.75, 3.05) is 6.61 Å². The van der Waals surface area contributed by atoms with Gasteiger partial charge >= 0.3 is 6.09 Å². The minimum atomic E-state index is -2.04. The van der Waals surface area contributed by atoms with Gasteiger partial charge in [-0.15, -0.1) is 0 Å². The minimum absolute atomic E-state index is 0.0105. The quantitative estimate of drug-likeness (QED) is 0.353. The lowest BCUT2D eigenvalue weighted by Crippen LogP contribution is -2.47. The number of ether oxygens (including phenoxy) is 1. The van der Waals surface area contributed by atoms with E-state index in [1.807, 2.05) is 0 Å². The number of hydrogen-bond acceptors (Lipinski definition) is 6. The second kappa shape index (κ2) is 10.7. The lowest BCUT2D eigenvalue weighted by molar-refractivity contribution is 0.173. The Balaban J connectivity index is 1.67. The molecule has 12 heteroatoms. The molecule has 1 unspecified atom stereocenters. The van der Waals surface area contributed by atoms with E-state index < -0.39 is 26.3 Å². The second-order valence-corrected chi connectivity index (χ2v) is 14.8. The number of hydrogen-bond donors (Lipinski definition) is 2. The highest BCUT2D eigenvalue weighted by atomic mass is 35.5. The van der Waals surface area contributed by atoms with Gasteiger partial charge in [-0.05, 0) is 42.4 Å². The molecule has 0 aliphatic heterocycles. The Morgan fingerprint density at radius 2 is 1.97 bits per heavy atom. The number of nitrogens with one attached hydrogen (secondary N) is 1. The van der Waals surface area contributed by atoms with Crippen LogP contribution in [0.4, 0.5) is 9.18 Å². The minimum Gasteiger partial charge on any atom is -0.465 e. The van der Waals surface area contributed by atoms with E-state index in [0.717, 1.165) is 6.07 Å². The van der Waals surface area contributed by atoms with Crippen LogP contribution in [0.1, 0.15) is 20.8 Å². The summed E-state index contributed by atoms with van der Waals surface area (Å²) in [7, 11) is -2.04. The van der Waals surface area contributed by atoms with Crippen molar-refractivity contribution >= 4 is 26.0 Å². The zero-order valence-electron chi connectivity index (χ0n) is 20.2. The molecule has 188 valence electrons. The van der Waals surface area contributed by atoms with Gasteiger partial charge in [0.05, 0.1) is 36.1 Å². The Morgan fingerprint density at radius 3 is 2.57 bits per heavy atom. The first kappa shape index (κ1) is 26.6. The molecule has 0 bridgehead atoms. The maximum Gasteiger partial charge on any atom is 0.405 e. The molecule has 0 spiro atoms. The Labute approximate surface area is 209 Å². The lowest BCUT2D eigenvalue weighted by atomic mass is 10.2. The second-order valence-electron chi connectivity index (χ2n) is 9.56. The average Bonchev–Trinajstić information content (AvgIpc) is 3.22. The number of amides is 1. The van der Waals surface area contributed by atoms with E-state index in [0.29, 0.717) is 23.7 Å². The van der Waals surface area contributed by atoms with Crippen LogP contribution in [0.2, 0.25) is 23.2 Å². The number of nitrogens with zero attached hydrogens (tertiary/aromatic N) is 4. The van der Waals surface area contributed by atoms with Gasteiger partial charge in [0.15, 0.2) is 14.1 Å². The summed E-state index contributed by atoms with van der Waals surface area (Å²) in [5, 5.41) is 16.5. The zero-order chi connectivity index (χ0) is 25.8. The molecule has 0 aromatic carbocycles. The predicted octanol–water partition coefficient (Wildman–Crippen LogP) is 5.58. The van der Waals surface area contributed by atoms with Crippen molar-refractivity contribution in [3.63, 3.8) is 0 Å². The van der Waals surface area contributed by atoms with Crippen LogP contribution >= 0.6 is 11.6 Å². The molecule has 1 amide bonds. The third-order valence-corrected chi connectivity index (χ3v) is 10.5. The molecule has 0 fully saturated rings. The van der Waals surface area contributed by atoms with E-state index in [1.54, 1.807) is 29.1 Å². The first-order chi connectivity index (χ1) is 16.3. The van der Waals surface area contributed by atoms with E-state index in [4.69, 9.17) is 20.8 Å². The fourth-order valence-corrected chi connectivity index (χ4v) is 4.04. The highest BCUT2D eigenvalue weighted by molar-refractivity contribution is 6.74. The average molecular weight is 522 g/mol. The molecule has 3 aromatic rings. The molecule has 0 saturated heterocycles. The number of aromatic nitrogens is 4. The summed E-state index contributed by atoms with van der Waals surface area (Å²) in [4.78, 5) is 19.5. The number of carbonyl (C=O) groups is 1. The lowest BCUT2D eigenvalue weighted by Gasteiger charge is -2.37. The third-order valence-electron chi connectivity index (χ3n) is 5.81. The molecule has 0 saturated carbocycles. The summed E-state index contributed by atoms with van der Waals surface area (Å²) >= 11 is 5.70. The summed E-state index contributed by atoms with van der Waals surface area (Å²) in [5.74, 6) is -0.581. The fraction of sp³-hybridized carbons (Fsp3) is 0.391. The van der Waals surface area contributed by atoms with Crippen molar-refractivity contribution < 1.29 is 23.5 Å². The van der Waals surface area contributed by atoms with Crippen LogP contribution in [0.25, 0.3) is 11.4 Å². The molecule has 2 N–H and O–H groups in total. The normalized spacial score (nSPS) is 12.9. The van der Waals surface area contributed by atoms with Crippen molar-refractivity contribution in [3.8, 4) is 23.0 Å². The molecule has 0 aliphatic carbocycles. The van der Waals surface area contributed by atoms with E-state index in [-0.39, 0.29) is 22.5 Å². The van der Waals surface area contributed by atoms with Crippen molar-refractivity contribution in [3.05, 3.63) is 53.7 Å². The molecule has 35 heavy (non-hydrogen) atoms. The van der Waals surface area contributed by atoms with Gasteiger partial charge in [0.2, 0.25) is 0 Å². The first-order valence-electron chi connectivity index (χ1n) is 11.0. The third kappa shape index (κ3) is 7.23. The SMILES string of the molecule is CC(C)(C)[Si](C)(C)OCC(Cn1ccc(-c2ccc(Oc3ncc(Cl)cc3F)cn2)n1)NC(=O)O. The highest BCUT2D eigenvalue weighted by Crippen LogP contribution is 2.36. The smallest absolute Gasteiger partial charge is 0.405 e. The van der Waals surface area contributed by atoms with Crippen molar-refractivity contribution in [2.45, 2.75) is 51.5 Å². The summed E-state index contributed by atoms with van der Waals surface area (Å²) in [6.45, 7) is 11.2. The molecule has 0 aliphatic rings. The summed E-state index contributed by atoms with van der Waals surface area (Å²) < 4.78 is 27.2. The Bertz CT molecular complexity index is 1170. The monoisotopic (exact) mass is 521 g/mol.